The fraction of sp³-hybridized carbons (Fsp3) is 0.538. The molecule has 0 saturated heterocycles. The van der Waals surface area contributed by atoms with Gasteiger partial charge >= 0.3 is 0 Å². The fourth-order valence-corrected chi connectivity index (χ4v) is 2.35. The zero-order chi connectivity index (χ0) is 10.2. The molecule has 1 aliphatic rings. The van der Waals surface area contributed by atoms with Crippen molar-refractivity contribution in [2.45, 2.75) is 45.6 Å². The van der Waals surface area contributed by atoms with Gasteiger partial charge in [0, 0.05) is 6.42 Å². The Morgan fingerprint density at radius 2 is 2.21 bits per heavy atom. The van der Waals surface area contributed by atoms with Crippen molar-refractivity contribution in [2.24, 2.45) is 0 Å². The zero-order valence-electron chi connectivity index (χ0n) is 9.26. The number of hydrogen-bond acceptors (Lipinski definition) is 1. The second kappa shape index (κ2) is 3.30. The van der Waals surface area contributed by atoms with Crippen LogP contribution in [0.5, 0.6) is 5.75 Å². The third kappa shape index (κ3) is 1.52. The number of hydrogen-bond donors (Lipinski definition) is 0. The van der Waals surface area contributed by atoms with E-state index in [1.807, 2.05) is 0 Å². The number of fused-ring (bicyclic) bond motifs is 1. The largest absolute Gasteiger partial charge is 0.487 e. The van der Waals surface area contributed by atoms with E-state index in [0.717, 1.165) is 18.6 Å². The van der Waals surface area contributed by atoms with E-state index in [2.05, 4.69) is 39.0 Å². The Morgan fingerprint density at radius 3 is 2.86 bits per heavy atom. The van der Waals surface area contributed by atoms with Crippen LogP contribution in [0.15, 0.2) is 18.2 Å². The van der Waals surface area contributed by atoms with Gasteiger partial charge in [-0.15, -0.1) is 0 Å². The van der Waals surface area contributed by atoms with E-state index in [0.29, 0.717) is 0 Å². The monoisotopic (exact) mass is 190 g/mol. The Morgan fingerprint density at radius 1 is 1.43 bits per heavy atom. The molecule has 0 bridgehead atoms. The van der Waals surface area contributed by atoms with Gasteiger partial charge < -0.3 is 4.74 Å². The van der Waals surface area contributed by atoms with Gasteiger partial charge in [-0.05, 0) is 31.4 Å². The van der Waals surface area contributed by atoms with Crippen LogP contribution in [0.25, 0.3) is 0 Å². The molecule has 0 fully saturated rings. The Balaban J connectivity index is 2.29. The van der Waals surface area contributed by atoms with Crippen LogP contribution >= 0.6 is 0 Å². The van der Waals surface area contributed by atoms with Crippen LogP contribution in [0.2, 0.25) is 0 Å². The van der Waals surface area contributed by atoms with Crippen molar-refractivity contribution in [3.05, 3.63) is 29.3 Å². The predicted octanol–water partition coefficient (Wildman–Crippen LogP) is 3.49. The topological polar surface area (TPSA) is 9.23 Å². The summed E-state index contributed by atoms with van der Waals surface area (Å²) in [6, 6.07) is 6.43. The molecule has 1 aliphatic heterocycles. The van der Waals surface area contributed by atoms with Crippen LogP contribution in [-0.2, 0) is 6.42 Å². The van der Waals surface area contributed by atoms with Gasteiger partial charge in [-0.3, -0.25) is 0 Å². The quantitative estimate of drug-likeness (QED) is 0.693. The van der Waals surface area contributed by atoms with Crippen LogP contribution < -0.4 is 4.74 Å². The SMILES string of the molecule is CCC[C@@]1(C)Cc2cccc(C)c2O1. The molecule has 2 rings (SSSR count). The minimum atomic E-state index is 0.0448. The van der Waals surface area contributed by atoms with Gasteiger partial charge in [0.2, 0.25) is 0 Å². The molecule has 1 atom stereocenters. The molecular weight excluding hydrogens is 172 g/mol. The maximum absolute atomic E-state index is 6.07. The molecule has 0 saturated carbocycles. The molecular formula is C13H18O. The van der Waals surface area contributed by atoms with Crippen LogP contribution in [0.4, 0.5) is 0 Å². The lowest BCUT2D eigenvalue weighted by Crippen LogP contribution is -2.29. The average Bonchev–Trinajstić information content (AvgIpc) is 2.44. The van der Waals surface area contributed by atoms with E-state index in [1.54, 1.807) is 0 Å². The van der Waals surface area contributed by atoms with Gasteiger partial charge in [-0.1, -0.05) is 31.5 Å². The molecule has 0 spiro atoms. The second-order valence-corrected chi connectivity index (χ2v) is 4.54. The minimum Gasteiger partial charge on any atom is -0.487 e. The molecule has 1 heteroatoms. The molecule has 0 amide bonds. The maximum Gasteiger partial charge on any atom is 0.126 e. The van der Waals surface area contributed by atoms with Crippen LogP contribution in [0, 0.1) is 6.92 Å². The lowest BCUT2D eigenvalue weighted by molar-refractivity contribution is 0.104. The highest BCUT2D eigenvalue weighted by atomic mass is 16.5. The standard InChI is InChI=1S/C13H18O/c1-4-8-13(3)9-11-7-5-6-10(2)12(11)14-13/h5-7H,4,8-9H2,1-3H3/t13-/m0/s1. The van der Waals surface area contributed by atoms with Crippen LogP contribution in [0.3, 0.4) is 0 Å². The highest BCUT2D eigenvalue weighted by Gasteiger charge is 2.34. The van der Waals surface area contributed by atoms with E-state index in [4.69, 9.17) is 4.74 Å². The van der Waals surface area contributed by atoms with E-state index >= 15 is 0 Å². The van der Waals surface area contributed by atoms with E-state index < -0.39 is 0 Å². The lowest BCUT2D eigenvalue weighted by Gasteiger charge is -2.23. The molecule has 1 aromatic carbocycles. The number of rotatable bonds is 2. The summed E-state index contributed by atoms with van der Waals surface area (Å²) in [7, 11) is 0. The molecule has 14 heavy (non-hydrogen) atoms. The summed E-state index contributed by atoms with van der Waals surface area (Å²) >= 11 is 0. The van der Waals surface area contributed by atoms with Crippen molar-refractivity contribution in [2.75, 3.05) is 0 Å². The van der Waals surface area contributed by atoms with Crippen LogP contribution in [-0.4, -0.2) is 5.60 Å². The predicted molar refractivity (Wildman–Crippen MR) is 58.8 cm³/mol. The van der Waals surface area contributed by atoms with Crippen molar-refractivity contribution in [1.82, 2.24) is 0 Å². The third-order valence-corrected chi connectivity index (χ3v) is 2.99. The highest BCUT2D eigenvalue weighted by molar-refractivity contribution is 5.45. The molecule has 1 aromatic rings. The summed E-state index contributed by atoms with van der Waals surface area (Å²) in [5.41, 5.74) is 2.69. The van der Waals surface area contributed by atoms with Gasteiger partial charge in [-0.2, -0.15) is 0 Å². The van der Waals surface area contributed by atoms with Crippen molar-refractivity contribution in [3.8, 4) is 5.75 Å². The van der Waals surface area contributed by atoms with Crippen molar-refractivity contribution in [1.29, 1.82) is 0 Å². The molecule has 0 aliphatic carbocycles. The fourth-order valence-electron chi connectivity index (χ4n) is 2.35. The Labute approximate surface area is 86.1 Å². The van der Waals surface area contributed by atoms with Gasteiger partial charge in [0.25, 0.3) is 0 Å². The number of para-hydroxylation sites is 1. The molecule has 0 aromatic heterocycles. The van der Waals surface area contributed by atoms with E-state index in [1.165, 1.54) is 17.5 Å². The van der Waals surface area contributed by atoms with E-state index in [-0.39, 0.29) is 5.60 Å². The third-order valence-electron chi connectivity index (χ3n) is 2.99. The molecule has 0 radical (unpaired) electrons. The zero-order valence-corrected chi connectivity index (χ0v) is 9.26. The number of ether oxygens (including phenoxy) is 1. The van der Waals surface area contributed by atoms with Gasteiger partial charge in [0.05, 0.1) is 0 Å². The van der Waals surface area contributed by atoms with Gasteiger partial charge in [0.1, 0.15) is 11.4 Å². The summed E-state index contributed by atoms with van der Waals surface area (Å²) in [5, 5.41) is 0. The van der Waals surface area contributed by atoms with Crippen molar-refractivity contribution in [3.63, 3.8) is 0 Å². The molecule has 0 unspecified atom stereocenters. The summed E-state index contributed by atoms with van der Waals surface area (Å²) in [6.07, 6.45) is 3.39. The summed E-state index contributed by atoms with van der Waals surface area (Å²) in [4.78, 5) is 0. The summed E-state index contributed by atoms with van der Waals surface area (Å²) < 4.78 is 6.07. The maximum atomic E-state index is 6.07. The molecule has 1 heterocycles. The Hall–Kier alpha value is -0.980. The Bertz CT molecular complexity index is 343. The molecule has 76 valence electrons. The first-order valence-electron chi connectivity index (χ1n) is 5.42. The first-order chi connectivity index (χ1) is 6.64. The van der Waals surface area contributed by atoms with Gasteiger partial charge in [0.15, 0.2) is 0 Å². The summed E-state index contributed by atoms with van der Waals surface area (Å²) in [6.45, 7) is 6.55. The lowest BCUT2D eigenvalue weighted by atomic mass is 9.94. The number of aryl methyl sites for hydroxylation is 1. The second-order valence-electron chi connectivity index (χ2n) is 4.54. The first-order valence-corrected chi connectivity index (χ1v) is 5.42. The van der Waals surface area contributed by atoms with Crippen molar-refractivity contribution < 1.29 is 4.74 Å². The highest BCUT2D eigenvalue weighted by Crippen LogP contribution is 2.39. The number of benzene rings is 1. The smallest absolute Gasteiger partial charge is 0.126 e. The van der Waals surface area contributed by atoms with Crippen molar-refractivity contribution >= 4 is 0 Å². The van der Waals surface area contributed by atoms with E-state index in [9.17, 15) is 0 Å². The minimum absolute atomic E-state index is 0.0448. The van der Waals surface area contributed by atoms with Crippen LogP contribution in [0.1, 0.15) is 37.8 Å². The van der Waals surface area contributed by atoms with Gasteiger partial charge in [-0.25, -0.2) is 0 Å². The summed E-state index contributed by atoms with van der Waals surface area (Å²) in [5.74, 6) is 1.13. The molecule has 1 nitrogen and oxygen atoms in total. The average molecular weight is 190 g/mol. The first kappa shape index (κ1) is 9.57. The normalized spacial score (nSPS) is 24.5. The Kier molecular flexibility index (Phi) is 2.26. The molecule has 0 N–H and O–H groups in total.